The van der Waals surface area contributed by atoms with Gasteiger partial charge < -0.3 is 10.6 Å². The summed E-state index contributed by atoms with van der Waals surface area (Å²) in [5.74, 6) is -2.28. The molecule has 0 aromatic carbocycles. The summed E-state index contributed by atoms with van der Waals surface area (Å²) in [5, 5.41) is 5.75. The van der Waals surface area contributed by atoms with E-state index in [1.54, 1.807) is 0 Å². The second-order valence-corrected chi connectivity index (χ2v) is 13.1. The molecule has 166 valence electrons. The third-order valence-corrected chi connectivity index (χ3v) is 9.37. The molecule has 0 heterocycles. The molecule has 2 aliphatic carbocycles. The summed E-state index contributed by atoms with van der Waals surface area (Å²) in [7, 11) is 0. The molecule has 0 spiro atoms. The van der Waals surface area contributed by atoms with Crippen LogP contribution in [0.2, 0.25) is 0 Å². The summed E-state index contributed by atoms with van der Waals surface area (Å²) in [4.78, 5) is 22.3. The first-order valence-electron chi connectivity index (χ1n) is 9.25. The smallest absolute Gasteiger partial charge is 0.226 e. The van der Waals surface area contributed by atoms with E-state index in [1.165, 1.54) is 0 Å². The van der Waals surface area contributed by atoms with E-state index in [4.69, 9.17) is 69.6 Å². The molecule has 2 bridgehead atoms. The molecule has 0 saturated heterocycles. The standard InChI is InChI=1S/C19H26Cl6N2O2/c1-15(2,3)26-10(28)8-7-9-11(14(29)27-16(4,5)6)18(23)13(21)12(20)17(9,22)19(18,24)25/h9,11H,7-8H2,1-6H3,(H,26,28)(H,27,29)/t9-,11+,17+,18+/m1/s1. The van der Waals surface area contributed by atoms with Crippen molar-refractivity contribution >= 4 is 81.4 Å². The highest BCUT2D eigenvalue weighted by molar-refractivity contribution is 6.66. The number of carbonyl (C=O) groups is 2. The van der Waals surface area contributed by atoms with Crippen molar-refractivity contribution in [3.63, 3.8) is 0 Å². The molecule has 1 fully saturated rings. The number of amides is 2. The number of nitrogens with one attached hydrogen (secondary N) is 2. The van der Waals surface area contributed by atoms with Crippen molar-refractivity contribution in [2.24, 2.45) is 11.8 Å². The highest BCUT2D eigenvalue weighted by Crippen LogP contribution is 2.76. The monoisotopic (exact) mass is 524 g/mol. The Balaban J connectivity index is 2.46. The predicted molar refractivity (Wildman–Crippen MR) is 122 cm³/mol. The van der Waals surface area contributed by atoms with Gasteiger partial charge in [0.25, 0.3) is 0 Å². The van der Waals surface area contributed by atoms with E-state index in [0.29, 0.717) is 0 Å². The van der Waals surface area contributed by atoms with Crippen molar-refractivity contribution in [3.8, 4) is 0 Å². The van der Waals surface area contributed by atoms with Gasteiger partial charge in [0, 0.05) is 23.4 Å². The van der Waals surface area contributed by atoms with Crippen molar-refractivity contribution < 1.29 is 9.59 Å². The molecule has 1 saturated carbocycles. The molecule has 0 aromatic heterocycles. The molecule has 2 aliphatic rings. The van der Waals surface area contributed by atoms with Crippen LogP contribution in [0.25, 0.3) is 0 Å². The van der Waals surface area contributed by atoms with Crippen LogP contribution in [0.5, 0.6) is 0 Å². The van der Waals surface area contributed by atoms with Gasteiger partial charge in [-0.2, -0.15) is 0 Å². The first kappa shape index (κ1) is 25.7. The molecule has 10 heteroatoms. The zero-order valence-electron chi connectivity index (χ0n) is 17.2. The number of hydrogen-bond acceptors (Lipinski definition) is 2. The molecule has 2 N–H and O–H groups in total. The van der Waals surface area contributed by atoms with Gasteiger partial charge in [0.2, 0.25) is 11.8 Å². The lowest BCUT2D eigenvalue weighted by Gasteiger charge is -2.37. The Labute approximate surface area is 202 Å². The van der Waals surface area contributed by atoms with Gasteiger partial charge >= 0.3 is 0 Å². The summed E-state index contributed by atoms with van der Waals surface area (Å²) >= 11 is 39.8. The van der Waals surface area contributed by atoms with Crippen LogP contribution in [0.4, 0.5) is 0 Å². The summed E-state index contributed by atoms with van der Waals surface area (Å²) in [6, 6.07) is 0. The van der Waals surface area contributed by atoms with Gasteiger partial charge in [-0.05, 0) is 48.0 Å². The Morgan fingerprint density at radius 3 is 1.76 bits per heavy atom. The maximum atomic E-state index is 13.2. The molecule has 4 nitrogen and oxygen atoms in total. The lowest BCUT2D eigenvalue weighted by molar-refractivity contribution is -0.129. The van der Waals surface area contributed by atoms with Gasteiger partial charge in [0.1, 0.15) is 9.75 Å². The molecule has 0 unspecified atom stereocenters. The van der Waals surface area contributed by atoms with Crippen molar-refractivity contribution in [2.75, 3.05) is 0 Å². The van der Waals surface area contributed by atoms with Crippen LogP contribution in [0.3, 0.4) is 0 Å². The zero-order valence-corrected chi connectivity index (χ0v) is 21.7. The van der Waals surface area contributed by atoms with Crippen LogP contribution in [-0.4, -0.2) is 37.0 Å². The average molecular weight is 527 g/mol. The van der Waals surface area contributed by atoms with Crippen LogP contribution >= 0.6 is 69.6 Å². The third kappa shape index (κ3) is 4.12. The lowest BCUT2D eigenvalue weighted by atomic mass is 9.78. The number of hydrogen-bond donors (Lipinski definition) is 2. The Hall–Kier alpha value is 0.420. The lowest BCUT2D eigenvalue weighted by Crippen LogP contribution is -2.52. The molecule has 29 heavy (non-hydrogen) atoms. The summed E-state index contributed by atoms with van der Waals surface area (Å²) in [6.45, 7) is 11.1. The topological polar surface area (TPSA) is 58.2 Å². The van der Waals surface area contributed by atoms with Crippen molar-refractivity contribution in [3.05, 3.63) is 10.1 Å². The van der Waals surface area contributed by atoms with E-state index in [9.17, 15) is 9.59 Å². The molecule has 0 aliphatic heterocycles. The highest BCUT2D eigenvalue weighted by atomic mass is 35.5. The minimum absolute atomic E-state index is 0.0156. The van der Waals surface area contributed by atoms with Gasteiger partial charge in [-0.25, -0.2) is 0 Å². The van der Waals surface area contributed by atoms with Crippen LogP contribution < -0.4 is 10.6 Å². The van der Waals surface area contributed by atoms with Crippen molar-refractivity contribution in [1.82, 2.24) is 10.6 Å². The molecule has 4 atom stereocenters. The van der Waals surface area contributed by atoms with Gasteiger partial charge in [-0.3, -0.25) is 9.59 Å². The first-order valence-corrected chi connectivity index (χ1v) is 11.5. The summed E-state index contributed by atoms with van der Waals surface area (Å²) in [6.07, 6.45) is 0.290. The maximum absolute atomic E-state index is 13.2. The summed E-state index contributed by atoms with van der Waals surface area (Å²) < 4.78 is -1.84. The van der Waals surface area contributed by atoms with Crippen LogP contribution in [0.15, 0.2) is 10.1 Å². The largest absolute Gasteiger partial charge is 0.352 e. The third-order valence-electron chi connectivity index (χ3n) is 5.06. The second-order valence-electron chi connectivity index (χ2n) is 9.79. The first-order chi connectivity index (χ1) is 12.8. The molecule has 2 amide bonds. The molecule has 0 radical (unpaired) electrons. The van der Waals surface area contributed by atoms with Crippen LogP contribution in [0.1, 0.15) is 54.4 Å². The fraction of sp³-hybridized carbons (Fsp3) is 0.789. The Bertz CT molecular complexity index is 755. The van der Waals surface area contributed by atoms with E-state index < -0.39 is 42.9 Å². The quantitative estimate of drug-likeness (QED) is 0.463. The van der Waals surface area contributed by atoms with Crippen molar-refractivity contribution in [2.45, 2.75) is 79.5 Å². The number of carbonyl (C=O) groups excluding carboxylic acids is 2. The number of fused-ring (bicyclic) bond motifs is 2. The number of halogens is 6. The van der Waals surface area contributed by atoms with E-state index in [1.807, 2.05) is 41.5 Å². The normalized spacial score (nSPS) is 33.8. The molecular weight excluding hydrogens is 501 g/mol. The van der Waals surface area contributed by atoms with Gasteiger partial charge in [0.15, 0.2) is 4.33 Å². The zero-order chi connectivity index (χ0) is 22.8. The van der Waals surface area contributed by atoms with Crippen LogP contribution in [0, 0.1) is 11.8 Å². The van der Waals surface area contributed by atoms with Gasteiger partial charge in [0.05, 0.1) is 16.0 Å². The van der Waals surface area contributed by atoms with E-state index in [2.05, 4.69) is 10.6 Å². The minimum atomic E-state index is -1.84. The average Bonchev–Trinajstić information content (AvgIpc) is 2.69. The molecule has 2 rings (SSSR count). The van der Waals surface area contributed by atoms with Crippen LogP contribution in [-0.2, 0) is 9.59 Å². The number of rotatable bonds is 4. The van der Waals surface area contributed by atoms with E-state index >= 15 is 0 Å². The van der Waals surface area contributed by atoms with E-state index in [0.717, 1.165) is 0 Å². The van der Waals surface area contributed by atoms with Gasteiger partial charge in [-0.15, -0.1) is 23.2 Å². The van der Waals surface area contributed by atoms with E-state index in [-0.39, 0.29) is 28.8 Å². The maximum Gasteiger partial charge on any atom is 0.226 e. The predicted octanol–water partition coefficient (Wildman–Crippen LogP) is 5.67. The fourth-order valence-electron chi connectivity index (χ4n) is 4.04. The molecular formula is C19H26Cl6N2O2. The fourth-order valence-corrected chi connectivity index (χ4v) is 7.08. The highest BCUT2D eigenvalue weighted by Gasteiger charge is 2.83. The Morgan fingerprint density at radius 1 is 0.862 bits per heavy atom. The second kappa shape index (κ2) is 7.78. The summed E-state index contributed by atoms with van der Waals surface area (Å²) in [5.41, 5.74) is -0.939. The van der Waals surface area contributed by atoms with Gasteiger partial charge in [-0.1, -0.05) is 46.4 Å². The number of allylic oxidation sites excluding steroid dienone is 2. The number of alkyl halides is 4. The minimum Gasteiger partial charge on any atom is -0.352 e. The molecule has 0 aromatic rings. The SMILES string of the molecule is CC(C)(C)NC(=O)CC[C@@H]1[C@@H](C(=O)NC(C)(C)C)[C@]2(Cl)C(Cl)=C(Cl)[C@]1(Cl)C2(Cl)Cl. The Kier molecular flexibility index (Phi) is 6.89. The van der Waals surface area contributed by atoms with Crippen molar-refractivity contribution in [1.29, 1.82) is 0 Å². The Morgan fingerprint density at radius 2 is 1.31 bits per heavy atom.